The molecule has 1 amide bonds. The lowest BCUT2D eigenvalue weighted by Crippen LogP contribution is -2.22. The summed E-state index contributed by atoms with van der Waals surface area (Å²) in [7, 11) is 0. The summed E-state index contributed by atoms with van der Waals surface area (Å²) in [5.74, 6) is 1.23. The molecule has 2 heterocycles. The predicted octanol–water partition coefficient (Wildman–Crippen LogP) is 5.95. The Labute approximate surface area is 212 Å². The van der Waals surface area contributed by atoms with Gasteiger partial charge in [0, 0.05) is 11.3 Å². The number of hydrogen-bond donors (Lipinski definition) is 1. The van der Waals surface area contributed by atoms with Crippen molar-refractivity contribution in [1.82, 2.24) is 20.1 Å². The molecule has 0 bridgehead atoms. The average Bonchev–Trinajstić information content (AvgIpc) is 3.57. The van der Waals surface area contributed by atoms with Crippen molar-refractivity contribution in [3.63, 3.8) is 0 Å². The lowest BCUT2D eigenvalue weighted by molar-refractivity contribution is 0.0948. The fourth-order valence-electron chi connectivity index (χ4n) is 3.78. The van der Waals surface area contributed by atoms with E-state index in [2.05, 4.69) is 15.5 Å². The molecule has 5 aromatic rings. The molecule has 0 unspecified atom stereocenters. The Bertz CT molecular complexity index is 1450. The van der Waals surface area contributed by atoms with Crippen LogP contribution >= 0.6 is 11.8 Å². The summed E-state index contributed by atoms with van der Waals surface area (Å²) in [4.78, 5) is 12.6. The van der Waals surface area contributed by atoms with Crippen LogP contribution in [-0.4, -0.2) is 20.7 Å². The van der Waals surface area contributed by atoms with E-state index in [1.807, 2.05) is 59.2 Å². The van der Waals surface area contributed by atoms with Crippen molar-refractivity contribution >= 4 is 17.7 Å². The lowest BCUT2D eigenvalue weighted by Gasteiger charge is -2.11. The van der Waals surface area contributed by atoms with E-state index in [1.165, 1.54) is 17.8 Å². The Morgan fingerprint density at radius 2 is 1.72 bits per heavy atom. The smallest absolute Gasteiger partial charge is 0.251 e. The van der Waals surface area contributed by atoms with Gasteiger partial charge in [-0.3, -0.25) is 9.36 Å². The Morgan fingerprint density at radius 3 is 2.53 bits per heavy atom. The summed E-state index contributed by atoms with van der Waals surface area (Å²) >= 11 is 1.49. The fraction of sp³-hybridized carbons (Fsp3) is 0.107. The Kier molecular flexibility index (Phi) is 7.23. The van der Waals surface area contributed by atoms with Crippen molar-refractivity contribution in [2.24, 2.45) is 0 Å². The zero-order chi connectivity index (χ0) is 24.7. The van der Waals surface area contributed by atoms with E-state index in [9.17, 15) is 9.18 Å². The SMILES string of the molecule is O=C(NCc1ccco1)c1cccc(CSc2nnc(-c3ccccc3F)n2Cc2ccccc2)c1. The van der Waals surface area contributed by atoms with Gasteiger partial charge in [-0.15, -0.1) is 10.2 Å². The van der Waals surface area contributed by atoms with Gasteiger partial charge in [0.1, 0.15) is 11.6 Å². The third kappa shape index (κ3) is 5.55. The standard InChI is InChI=1S/C28H23FN4O2S/c29-25-14-5-4-13-24(25)26-31-32-28(33(26)18-20-8-2-1-3-9-20)36-19-21-10-6-11-22(16-21)27(34)30-17-23-12-7-15-35-23/h1-16H,17-19H2,(H,30,34). The number of halogens is 1. The molecule has 0 aliphatic carbocycles. The average molecular weight is 499 g/mol. The number of rotatable bonds is 9. The van der Waals surface area contributed by atoms with Crippen LogP contribution in [0.4, 0.5) is 4.39 Å². The van der Waals surface area contributed by atoms with Crippen LogP contribution in [0.2, 0.25) is 0 Å². The first-order chi connectivity index (χ1) is 17.7. The van der Waals surface area contributed by atoms with Crippen LogP contribution < -0.4 is 5.32 Å². The molecular weight excluding hydrogens is 475 g/mol. The van der Waals surface area contributed by atoms with Crippen LogP contribution in [0.25, 0.3) is 11.4 Å². The number of thioether (sulfide) groups is 1. The number of aromatic nitrogens is 3. The molecule has 0 aliphatic rings. The van der Waals surface area contributed by atoms with Gasteiger partial charge in [-0.25, -0.2) is 4.39 Å². The summed E-state index contributed by atoms with van der Waals surface area (Å²) in [6.45, 7) is 0.835. The molecule has 180 valence electrons. The zero-order valence-electron chi connectivity index (χ0n) is 19.3. The number of amides is 1. The van der Waals surface area contributed by atoms with E-state index < -0.39 is 0 Å². The molecule has 0 fully saturated rings. The highest BCUT2D eigenvalue weighted by Crippen LogP contribution is 2.29. The minimum atomic E-state index is -0.343. The van der Waals surface area contributed by atoms with Crippen molar-refractivity contribution in [2.45, 2.75) is 24.0 Å². The summed E-state index contributed by atoms with van der Waals surface area (Å²) in [5, 5.41) is 12.2. The molecule has 0 aliphatic heterocycles. The van der Waals surface area contributed by atoms with E-state index in [4.69, 9.17) is 4.42 Å². The fourth-order valence-corrected chi connectivity index (χ4v) is 4.66. The molecule has 0 spiro atoms. The second-order valence-electron chi connectivity index (χ2n) is 8.11. The summed E-state index contributed by atoms with van der Waals surface area (Å²) in [5.41, 5.74) is 3.00. The minimum absolute atomic E-state index is 0.174. The molecule has 5 rings (SSSR count). The third-order valence-corrected chi connectivity index (χ3v) is 6.61. The highest BCUT2D eigenvalue weighted by atomic mass is 32.2. The molecule has 3 aromatic carbocycles. The van der Waals surface area contributed by atoms with Gasteiger partial charge >= 0.3 is 0 Å². The number of furan rings is 1. The second kappa shape index (κ2) is 11.0. The zero-order valence-corrected chi connectivity index (χ0v) is 20.1. The Hall–Kier alpha value is -4.17. The van der Waals surface area contributed by atoms with Crippen LogP contribution in [0.3, 0.4) is 0 Å². The molecule has 8 heteroatoms. The molecule has 0 saturated carbocycles. The highest BCUT2D eigenvalue weighted by Gasteiger charge is 2.18. The first kappa shape index (κ1) is 23.6. The number of hydrogen-bond acceptors (Lipinski definition) is 5. The molecule has 0 radical (unpaired) electrons. The van der Waals surface area contributed by atoms with E-state index in [0.717, 1.165) is 11.1 Å². The highest BCUT2D eigenvalue weighted by molar-refractivity contribution is 7.98. The van der Waals surface area contributed by atoms with Gasteiger partial charge in [-0.2, -0.15) is 0 Å². The van der Waals surface area contributed by atoms with Crippen molar-refractivity contribution in [1.29, 1.82) is 0 Å². The Balaban J connectivity index is 1.35. The minimum Gasteiger partial charge on any atom is -0.467 e. The maximum Gasteiger partial charge on any atom is 0.251 e. The predicted molar refractivity (Wildman–Crippen MR) is 137 cm³/mol. The van der Waals surface area contributed by atoms with Crippen LogP contribution in [0.1, 0.15) is 27.2 Å². The summed E-state index contributed by atoms with van der Waals surface area (Å²) in [6.07, 6.45) is 1.58. The second-order valence-corrected chi connectivity index (χ2v) is 9.05. The van der Waals surface area contributed by atoms with Crippen LogP contribution in [0.15, 0.2) is 107 Å². The normalized spacial score (nSPS) is 10.9. The molecule has 0 atom stereocenters. The van der Waals surface area contributed by atoms with Crippen molar-refractivity contribution < 1.29 is 13.6 Å². The summed E-state index contributed by atoms with van der Waals surface area (Å²) in [6, 6.07) is 27.6. The maximum absolute atomic E-state index is 14.6. The number of nitrogens with one attached hydrogen (secondary N) is 1. The molecule has 0 saturated heterocycles. The Morgan fingerprint density at radius 1 is 0.917 bits per heavy atom. The number of carbonyl (C=O) groups is 1. The van der Waals surface area contributed by atoms with Crippen LogP contribution in [0.5, 0.6) is 0 Å². The molecule has 6 nitrogen and oxygen atoms in total. The topological polar surface area (TPSA) is 73.0 Å². The van der Waals surface area contributed by atoms with Gasteiger partial charge in [0.2, 0.25) is 0 Å². The molecule has 2 aromatic heterocycles. The van der Waals surface area contributed by atoms with Gasteiger partial charge in [-0.05, 0) is 47.5 Å². The van der Waals surface area contributed by atoms with Gasteiger partial charge in [-0.1, -0.05) is 66.4 Å². The van der Waals surface area contributed by atoms with Crippen molar-refractivity contribution in [3.05, 3.63) is 126 Å². The van der Waals surface area contributed by atoms with Gasteiger partial charge in [0.05, 0.1) is 24.9 Å². The number of carbonyl (C=O) groups excluding carboxylic acids is 1. The van der Waals surface area contributed by atoms with E-state index in [-0.39, 0.29) is 11.7 Å². The molecule has 1 N–H and O–H groups in total. The lowest BCUT2D eigenvalue weighted by atomic mass is 10.1. The van der Waals surface area contributed by atoms with E-state index in [0.29, 0.717) is 46.7 Å². The molecule has 36 heavy (non-hydrogen) atoms. The maximum atomic E-state index is 14.6. The van der Waals surface area contributed by atoms with Gasteiger partial charge in [0.25, 0.3) is 5.91 Å². The largest absolute Gasteiger partial charge is 0.467 e. The van der Waals surface area contributed by atoms with Crippen LogP contribution in [0, 0.1) is 5.82 Å². The quantitative estimate of drug-likeness (QED) is 0.254. The first-order valence-electron chi connectivity index (χ1n) is 11.4. The summed E-state index contributed by atoms with van der Waals surface area (Å²) < 4.78 is 21.8. The van der Waals surface area contributed by atoms with E-state index in [1.54, 1.807) is 36.6 Å². The van der Waals surface area contributed by atoms with E-state index >= 15 is 0 Å². The number of nitrogens with zero attached hydrogens (tertiary/aromatic N) is 3. The number of benzene rings is 3. The molecular formula is C28H23FN4O2S. The van der Waals surface area contributed by atoms with Crippen molar-refractivity contribution in [2.75, 3.05) is 0 Å². The third-order valence-electron chi connectivity index (χ3n) is 5.58. The van der Waals surface area contributed by atoms with Gasteiger partial charge < -0.3 is 9.73 Å². The van der Waals surface area contributed by atoms with Crippen molar-refractivity contribution in [3.8, 4) is 11.4 Å². The first-order valence-corrected chi connectivity index (χ1v) is 12.4. The van der Waals surface area contributed by atoms with Gasteiger partial charge in [0.15, 0.2) is 11.0 Å². The van der Waals surface area contributed by atoms with Crippen LogP contribution in [-0.2, 0) is 18.8 Å². The monoisotopic (exact) mass is 498 g/mol.